The molecule has 1 N–H and O–H groups in total. The SMILES string of the molecule is Cc1cc(N(C)Cc2ccccc2)nc(SCc2cccc(C(=O)O)c2)n1. The van der Waals surface area contributed by atoms with Crippen molar-refractivity contribution in [1.29, 1.82) is 0 Å². The third-order valence-corrected chi connectivity index (χ3v) is 4.93. The molecule has 3 rings (SSSR count). The number of aromatic carboxylic acids is 1. The fourth-order valence-corrected chi connectivity index (χ4v) is 3.51. The fraction of sp³-hybridized carbons (Fsp3) is 0.190. The Labute approximate surface area is 163 Å². The van der Waals surface area contributed by atoms with E-state index in [0.29, 0.717) is 16.5 Å². The van der Waals surface area contributed by atoms with E-state index in [4.69, 9.17) is 5.11 Å². The Kier molecular flexibility index (Phi) is 6.08. The Morgan fingerprint density at radius 2 is 1.78 bits per heavy atom. The maximum Gasteiger partial charge on any atom is 0.335 e. The van der Waals surface area contributed by atoms with Crippen LogP contribution < -0.4 is 4.90 Å². The zero-order valence-corrected chi connectivity index (χ0v) is 16.1. The van der Waals surface area contributed by atoms with E-state index in [2.05, 4.69) is 27.0 Å². The molecule has 0 saturated carbocycles. The Hall–Kier alpha value is -2.86. The number of carbonyl (C=O) groups is 1. The molecule has 1 aromatic heterocycles. The summed E-state index contributed by atoms with van der Waals surface area (Å²) in [6.07, 6.45) is 0. The third kappa shape index (κ3) is 5.31. The smallest absolute Gasteiger partial charge is 0.335 e. The molecule has 0 radical (unpaired) electrons. The van der Waals surface area contributed by atoms with Gasteiger partial charge in [0.2, 0.25) is 0 Å². The predicted octanol–water partition coefficient (Wildman–Crippen LogP) is 4.41. The summed E-state index contributed by atoms with van der Waals surface area (Å²) in [5, 5.41) is 9.80. The normalized spacial score (nSPS) is 10.6. The standard InChI is InChI=1S/C21H21N3O2S/c1-15-11-19(24(2)13-16-7-4-3-5-8-16)23-21(22-15)27-14-17-9-6-10-18(12-17)20(25)26/h3-12H,13-14H2,1-2H3,(H,25,26). The summed E-state index contributed by atoms with van der Waals surface area (Å²) in [5.74, 6) is 0.568. The van der Waals surface area contributed by atoms with E-state index >= 15 is 0 Å². The van der Waals surface area contributed by atoms with Gasteiger partial charge in [-0.05, 0) is 30.2 Å². The van der Waals surface area contributed by atoms with Crippen molar-refractivity contribution >= 4 is 23.5 Å². The number of benzene rings is 2. The molecule has 0 unspecified atom stereocenters. The second kappa shape index (κ2) is 8.68. The van der Waals surface area contributed by atoms with Gasteiger partial charge in [-0.25, -0.2) is 14.8 Å². The van der Waals surface area contributed by atoms with Crippen LogP contribution in [0.4, 0.5) is 5.82 Å². The lowest BCUT2D eigenvalue weighted by molar-refractivity contribution is 0.0697. The van der Waals surface area contributed by atoms with E-state index in [0.717, 1.165) is 23.6 Å². The molecule has 0 amide bonds. The van der Waals surface area contributed by atoms with Crippen LogP contribution in [0, 0.1) is 6.92 Å². The Morgan fingerprint density at radius 3 is 2.52 bits per heavy atom. The number of aromatic nitrogens is 2. The molecule has 0 bridgehead atoms. The molecular weight excluding hydrogens is 358 g/mol. The van der Waals surface area contributed by atoms with Crippen molar-refractivity contribution in [2.75, 3.05) is 11.9 Å². The lowest BCUT2D eigenvalue weighted by Gasteiger charge is -2.19. The van der Waals surface area contributed by atoms with Crippen molar-refractivity contribution in [3.63, 3.8) is 0 Å². The molecule has 27 heavy (non-hydrogen) atoms. The van der Waals surface area contributed by atoms with Crippen molar-refractivity contribution in [1.82, 2.24) is 9.97 Å². The van der Waals surface area contributed by atoms with Gasteiger partial charge in [-0.3, -0.25) is 0 Å². The summed E-state index contributed by atoms with van der Waals surface area (Å²) in [7, 11) is 2.01. The minimum Gasteiger partial charge on any atom is -0.478 e. The summed E-state index contributed by atoms with van der Waals surface area (Å²) < 4.78 is 0. The number of hydrogen-bond donors (Lipinski definition) is 1. The number of carboxylic acids is 1. The summed E-state index contributed by atoms with van der Waals surface area (Å²) in [6, 6.07) is 19.2. The van der Waals surface area contributed by atoms with Crippen LogP contribution in [0.3, 0.4) is 0 Å². The van der Waals surface area contributed by atoms with Gasteiger partial charge in [0.15, 0.2) is 5.16 Å². The molecule has 0 fully saturated rings. The van der Waals surface area contributed by atoms with Crippen LogP contribution in [-0.2, 0) is 12.3 Å². The van der Waals surface area contributed by atoms with Crippen LogP contribution in [0.1, 0.15) is 27.2 Å². The summed E-state index contributed by atoms with van der Waals surface area (Å²) in [4.78, 5) is 22.4. The number of hydrogen-bond acceptors (Lipinski definition) is 5. The van der Waals surface area contributed by atoms with E-state index in [9.17, 15) is 4.79 Å². The van der Waals surface area contributed by atoms with Gasteiger partial charge in [0, 0.05) is 31.1 Å². The number of aryl methyl sites for hydroxylation is 1. The van der Waals surface area contributed by atoms with Gasteiger partial charge >= 0.3 is 5.97 Å². The quantitative estimate of drug-likeness (QED) is 0.484. The zero-order valence-electron chi connectivity index (χ0n) is 15.3. The first-order valence-corrected chi connectivity index (χ1v) is 9.55. The highest BCUT2D eigenvalue weighted by atomic mass is 32.2. The van der Waals surface area contributed by atoms with Gasteiger partial charge < -0.3 is 10.0 Å². The van der Waals surface area contributed by atoms with Crippen LogP contribution in [0.5, 0.6) is 0 Å². The van der Waals surface area contributed by atoms with Crippen LogP contribution in [0.2, 0.25) is 0 Å². The first kappa shape index (κ1) is 18.9. The minimum atomic E-state index is -0.918. The fourth-order valence-electron chi connectivity index (χ4n) is 2.67. The molecule has 0 spiro atoms. The zero-order chi connectivity index (χ0) is 19.2. The molecule has 138 valence electrons. The van der Waals surface area contributed by atoms with Crippen LogP contribution in [0.25, 0.3) is 0 Å². The second-order valence-electron chi connectivity index (χ2n) is 6.29. The van der Waals surface area contributed by atoms with Crippen LogP contribution in [0.15, 0.2) is 65.8 Å². The Balaban J connectivity index is 1.71. The number of anilines is 1. The van der Waals surface area contributed by atoms with Gasteiger partial charge in [-0.1, -0.05) is 54.2 Å². The topological polar surface area (TPSA) is 66.3 Å². The molecule has 0 atom stereocenters. The molecule has 2 aromatic carbocycles. The molecule has 0 aliphatic heterocycles. The summed E-state index contributed by atoms with van der Waals surface area (Å²) >= 11 is 1.50. The van der Waals surface area contributed by atoms with Gasteiger partial charge in [0.05, 0.1) is 5.56 Å². The number of thioether (sulfide) groups is 1. The van der Waals surface area contributed by atoms with Crippen molar-refractivity contribution in [2.45, 2.75) is 24.4 Å². The Bertz CT molecular complexity index is 932. The lowest BCUT2D eigenvalue weighted by atomic mass is 10.1. The first-order valence-electron chi connectivity index (χ1n) is 8.57. The monoisotopic (exact) mass is 379 g/mol. The largest absolute Gasteiger partial charge is 0.478 e. The molecule has 0 aliphatic carbocycles. The van der Waals surface area contributed by atoms with Crippen molar-refractivity contribution in [2.24, 2.45) is 0 Å². The van der Waals surface area contributed by atoms with Crippen molar-refractivity contribution in [3.05, 3.63) is 83.0 Å². The Morgan fingerprint density at radius 1 is 1.04 bits per heavy atom. The third-order valence-electron chi connectivity index (χ3n) is 4.02. The number of nitrogens with zero attached hydrogens (tertiary/aromatic N) is 3. The highest BCUT2D eigenvalue weighted by Crippen LogP contribution is 2.23. The highest BCUT2D eigenvalue weighted by molar-refractivity contribution is 7.98. The van der Waals surface area contributed by atoms with Gasteiger partial charge in [0.25, 0.3) is 0 Å². The predicted molar refractivity (Wildman–Crippen MR) is 108 cm³/mol. The van der Waals surface area contributed by atoms with E-state index in [1.165, 1.54) is 17.3 Å². The van der Waals surface area contributed by atoms with Crippen LogP contribution in [-0.4, -0.2) is 28.1 Å². The summed E-state index contributed by atoms with van der Waals surface area (Å²) in [6.45, 7) is 2.72. The molecule has 5 nitrogen and oxygen atoms in total. The lowest BCUT2D eigenvalue weighted by Crippen LogP contribution is -2.18. The highest BCUT2D eigenvalue weighted by Gasteiger charge is 2.09. The van der Waals surface area contributed by atoms with E-state index in [1.807, 2.05) is 44.3 Å². The van der Waals surface area contributed by atoms with E-state index in [-0.39, 0.29) is 0 Å². The molecule has 3 aromatic rings. The number of rotatable bonds is 7. The van der Waals surface area contributed by atoms with Crippen LogP contribution >= 0.6 is 11.8 Å². The molecule has 0 saturated heterocycles. The molecule has 0 aliphatic rings. The second-order valence-corrected chi connectivity index (χ2v) is 7.23. The van der Waals surface area contributed by atoms with Crippen molar-refractivity contribution < 1.29 is 9.90 Å². The van der Waals surface area contributed by atoms with Crippen molar-refractivity contribution in [3.8, 4) is 0 Å². The molecule has 6 heteroatoms. The summed E-state index contributed by atoms with van der Waals surface area (Å²) in [5.41, 5.74) is 3.35. The molecular formula is C21H21N3O2S. The van der Waals surface area contributed by atoms with E-state index in [1.54, 1.807) is 18.2 Å². The van der Waals surface area contributed by atoms with Gasteiger partial charge in [-0.15, -0.1) is 0 Å². The average molecular weight is 379 g/mol. The first-order chi connectivity index (χ1) is 13.0. The maximum atomic E-state index is 11.1. The maximum absolute atomic E-state index is 11.1. The van der Waals surface area contributed by atoms with E-state index < -0.39 is 5.97 Å². The number of carboxylic acid groups (broad SMARTS) is 1. The average Bonchev–Trinajstić information content (AvgIpc) is 2.67. The van der Waals surface area contributed by atoms with Gasteiger partial charge in [0.1, 0.15) is 5.82 Å². The van der Waals surface area contributed by atoms with Gasteiger partial charge in [-0.2, -0.15) is 0 Å². The molecule has 1 heterocycles. The minimum absolute atomic E-state index is 0.293.